The van der Waals surface area contributed by atoms with Gasteiger partial charge < -0.3 is 14.8 Å². The van der Waals surface area contributed by atoms with Gasteiger partial charge in [-0.05, 0) is 29.3 Å². The first kappa shape index (κ1) is 18.7. The van der Waals surface area contributed by atoms with Gasteiger partial charge in [0.1, 0.15) is 19.0 Å². The lowest BCUT2D eigenvalue weighted by Gasteiger charge is -2.26. The minimum Gasteiger partial charge on any atom is -0.486 e. The maximum atomic E-state index is 14.0. The zero-order valence-corrected chi connectivity index (χ0v) is 16.4. The number of nitrogens with one attached hydrogen (secondary N) is 1. The van der Waals surface area contributed by atoms with Crippen LogP contribution in [0.1, 0.15) is 25.0 Å². The summed E-state index contributed by atoms with van der Waals surface area (Å²) in [5, 5.41) is 2.91. The van der Waals surface area contributed by atoms with Crippen LogP contribution in [0.3, 0.4) is 0 Å². The molecule has 0 fully saturated rings. The summed E-state index contributed by atoms with van der Waals surface area (Å²) in [6.45, 7) is 5.17. The van der Waals surface area contributed by atoms with E-state index in [9.17, 15) is 9.18 Å². The summed E-state index contributed by atoms with van der Waals surface area (Å²) in [7, 11) is 0. The van der Waals surface area contributed by atoms with Crippen LogP contribution in [0.4, 0.5) is 4.39 Å². The summed E-state index contributed by atoms with van der Waals surface area (Å²) in [5.41, 5.74) is 0.890. The van der Waals surface area contributed by atoms with Gasteiger partial charge in [-0.25, -0.2) is 4.39 Å². The molecule has 0 saturated heterocycles. The molecule has 1 amide bonds. The second-order valence-electron chi connectivity index (χ2n) is 6.90. The van der Waals surface area contributed by atoms with Crippen molar-refractivity contribution in [2.24, 2.45) is 0 Å². The van der Waals surface area contributed by atoms with Crippen molar-refractivity contribution >= 4 is 21.8 Å². The SMILES string of the molecule is CC(C)(CNC(=O)Cc1cc2c(cc1Br)OCCO2)c1ccccc1F. The van der Waals surface area contributed by atoms with E-state index in [0.29, 0.717) is 36.8 Å². The molecule has 26 heavy (non-hydrogen) atoms. The Balaban J connectivity index is 1.65. The van der Waals surface area contributed by atoms with Gasteiger partial charge in [-0.1, -0.05) is 48.0 Å². The minimum absolute atomic E-state index is 0.133. The van der Waals surface area contributed by atoms with Crippen molar-refractivity contribution < 1.29 is 18.7 Å². The van der Waals surface area contributed by atoms with Crippen LogP contribution in [-0.2, 0) is 16.6 Å². The summed E-state index contributed by atoms with van der Waals surface area (Å²) in [5.74, 6) is 0.926. The summed E-state index contributed by atoms with van der Waals surface area (Å²) < 4.78 is 25.9. The fraction of sp³-hybridized carbons (Fsp3) is 0.350. The van der Waals surface area contributed by atoms with E-state index in [2.05, 4.69) is 21.2 Å². The van der Waals surface area contributed by atoms with Crippen molar-refractivity contribution in [1.82, 2.24) is 5.32 Å². The highest BCUT2D eigenvalue weighted by Crippen LogP contribution is 2.35. The molecule has 1 heterocycles. The molecule has 138 valence electrons. The van der Waals surface area contributed by atoms with E-state index < -0.39 is 5.41 Å². The number of hydrogen-bond acceptors (Lipinski definition) is 3. The molecule has 0 unspecified atom stereocenters. The number of benzene rings is 2. The number of rotatable bonds is 5. The summed E-state index contributed by atoms with van der Waals surface area (Å²) >= 11 is 3.48. The summed E-state index contributed by atoms with van der Waals surface area (Å²) in [6, 6.07) is 10.3. The maximum Gasteiger partial charge on any atom is 0.224 e. The van der Waals surface area contributed by atoms with Crippen molar-refractivity contribution in [3.8, 4) is 11.5 Å². The van der Waals surface area contributed by atoms with Gasteiger partial charge in [-0.3, -0.25) is 4.79 Å². The fourth-order valence-electron chi connectivity index (χ4n) is 2.90. The van der Waals surface area contributed by atoms with E-state index in [1.54, 1.807) is 18.2 Å². The van der Waals surface area contributed by atoms with E-state index in [1.807, 2.05) is 26.0 Å². The molecule has 2 aromatic rings. The Morgan fingerprint density at radius 3 is 2.54 bits per heavy atom. The van der Waals surface area contributed by atoms with Gasteiger partial charge in [-0.15, -0.1) is 0 Å². The van der Waals surface area contributed by atoms with Crippen LogP contribution in [0, 0.1) is 5.82 Å². The van der Waals surface area contributed by atoms with Crippen LogP contribution in [0.25, 0.3) is 0 Å². The van der Waals surface area contributed by atoms with Crippen molar-refractivity contribution in [2.45, 2.75) is 25.7 Å². The van der Waals surface area contributed by atoms with Crippen molar-refractivity contribution in [2.75, 3.05) is 19.8 Å². The topological polar surface area (TPSA) is 47.6 Å². The van der Waals surface area contributed by atoms with Gasteiger partial charge in [0.2, 0.25) is 5.91 Å². The number of fused-ring (bicyclic) bond motifs is 1. The second-order valence-corrected chi connectivity index (χ2v) is 7.76. The lowest BCUT2D eigenvalue weighted by atomic mass is 9.84. The number of ether oxygens (including phenoxy) is 2. The molecule has 0 spiro atoms. The largest absolute Gasteiger partial charge is 0.486 e. The Bertz CT molecular complexity index is 823. The maximum absolute atomic E-state index is 14.0. The molecule has 3 rings (SSSR count). The normalized spacial score (nSPS) is 13.4. The zero-order valence-electron chi connectivity index (χ0n) is 14.8. The third kappa shape index (κ3) is 4.18. The third-order valence-corrected chi connectivity index (χ3v) is 5.13. The van der Waals surface area contributed by atoms with E-state index >= 15 is 0 Å². The predicted octanol–water partition coefficient (Wildman–Crippen LogP) is 4.00. The second kappa shape index (κ2) is 7.66. The van der Waals surface area contributed by atoms with Crippen molar-refractivity contribution in [1.29, 1.82) is 0 Å². The number of carbonyl (C=O) groups excluding carboxylic acids is 1. The zero-order chi connectivity index (χ0) is 18.7. The number of hydrogen-bond donors (Lipinski definition) is 1. The van der Waals surface area contributed by atoms with Gasteiger partial charge in [0.05, 0.1) is 6.42 Å². The Morgan fingerprint density at radius 1 is 1.19 bits per heavy atom. The van der Waals surface area contributed by atoms with E-state index in [0.717, 1.165) is 10.0 Å². The Hall–Kier alpha value is -2.08. The Kier molecular flexibility index (Phi) is 5.51. The quantitative estimate of drug-likeness (QED) is 0.793. The highest BCUT2D eigenvalue weighted by atomic mass is 79.9. The van der Waals surface area contributed by atoms with Gasteiger partial charge in [0, 0.05) is 16.4 Å². The molecule has 4 nitrogen and oxygen atoms in total. The lowest BCUT2D eigenvalue weighted by Crippen LogP contribution is -2.38. The van der Waals surface area contributed by atoms with Crippen LogP contribution >= 0.6 is 15.9 Å². The summed E-state index contributed by atoms with van der Waals surface area (Å²) in [4.78, 5) is 12.4. The number of carbonyl (C=O) groups is 1. The average Bonchev–Trinajstić information content (AvgIpc) is 2.61. The number of halogens is 2. The van der Waals surface area contributed by atoms with Gasteiger partial charge in [0.25, 0.3) is 0 Å². The average molecular weight is 422 g/mol. The highest BCUT2D eigenvalue weighted by Gasteiger charge is 2.25. The highest BCUT2D eigenvalue weighted by molar-refractivity contribution is 9.10. The number of amides is 1. The standard InChI is InChI=1S/C20H21BrFNO3/c1-20(2,14-5-3-4-6-16(14)22)12-23-19(24)10-13-9-17-18(11-15(13)21)26-8-7-25-17/h3-6,9,11H,7-8,10,12H2,1-2H3,(H,23,24). The first-order valence-electron chi connectivity index (χ1n) is 8.46. The molecule has 0 bridgehead atoms. The Morgan fingerprint density at radius 2 is 1.85 bits per heavy atom. The van der Waals surface area contributed by atoms with Gasteiger partial charge in [0.15, 0.2) is 11.5 Å². The van der Waals surface area contributed by atoms with Crippen LogP contribution in [0.15, 0.2) is 40.9 Å². The molecule has 0 radical (unpaired) electrons. The van der Waals surface area contributed by atoms with Gasteiger partial charge >= 0.3 is 0 Å². The van der Waals surface area contributed by atoms with Crippen LogP contribution < -0.4 is 14.8 Å². The predicted molar refractivity (Wildman–Crippen MR) is 101 cm³/mol. The molecule has 0 atom stereocenters. The molecule has 0 aliphatic carbocycles. The van der Waals surface area contributed by atoms with Crippen molar-refractivity contribution in [3.05, 3.63) is 57.8 Å². The first-order valence-corrected chi connectivity index (χ1v) is 9.26. The molecule has 2 aromatic carbocycles. The third-order valence-electron chi connectivity index (χ3n) is 4.39. The molecule has 1 aliphatic rings. The molecular weight excluding hydrogens is 401 g/mol. The van der Waals surface area contributed by atoms with Crippen LogP contribution in [-0.4, -0.2) is 25.7 Å². The molecule has 0 saturated carbocycles. The van der Waals surface area contributed by atoms with Crippen LogP contribution in [0.5, 0.6) is 11.5 Å². The fourth-order valence-corrected chi connectivity index (χ4v) is 3.36. The van der Waals surface area contributed by atoms with E-state index in [-0.39, 0.29) is 18.1 Å². The molecule has 1 aliphatic heterocycles. The molecule has 6 heteroatoms. The molecular formula is C20H21BrFNO3. The van der Waals surface area contributed by atoms with E-state index in [1.165, 1.54) is 6.07 Å². The monoisotopic (exact) mass is 421 g/mol. The van der Waals surface area contributed by atoms with Crippen LogP contribution in [0.2, 0.25) is 0 Å². The first-order chi connectivity index (χ1) is 12.4. The summed E-state index contributed by atoms with van der Waals surface area (Å²) in [6.07, 6.45) is 0.199. The molecule has 1 N–H and O–H groups in total. The van der Waals surface area contributed by atoms with E-state index in [4.69, 9.17) is 9.47 Å². The van der Waals surface area contributed by atoms with Crippen molar-refractivity contribution in [3.63, 3.8) is 0 Å². The Labute approximate surface area is 160 Å². The minimum atomic E-state index is -0.509. The lowest BCUT2D eigenvalue weighted by molar-refractivity contribution is -0.120. The smallest absolute Gasteiger partial charge is 0.224 e. The molecule has 0 aromatic heterocycles. The van der Waals surface area contributed by atoms with Gasteiger partial charge in [-0.2, -0.15) is 0 Å².